The highest BCUT2D eigenvalue weighted by Gasteiger charge is 2.14. The number of nitrogens with zero attached hydrogens (tertiary/aromatic N) is 1. The summed E-state index contributed by atoms with van der Waals surface area (Å²) in [5.41, 5.74) is 4.93. The van der Waals surface area contributed by atoms with Crippen LogP contribution in [0.3, 0.4) is 0 Å². The zero-order valence-electron chi connectivity index (χ0n) is 16.9. The van der Waals surface area contributed by atoms with Gasteiger partial charge in [-0.3, -0.25) is 4.99 Å². The third-order valence-corrected chi connectivity index (χ3v) is 4.87. The normalized spacial score (nSPS) is 15.4. The molecule has 1 saturated heterocycles. The van der Waals surface area contributed by atoms with Gasteiger partial charge in [-0.25, -0.2) is 0 Å². The molecular weight excluding hydrogens is 350 g/mol. The lowest BCUT2D eigenvalue weighted by Crippen LogP contribution is -2.36. The first-order valence-corrected chi connectivity index (χ1v) is 10.00. The molecule has 150 valence electrons. The Morgan fingerprint density at radius 3 is 2.32 bits per heavy atom. The zero-order valence-corrected chi connectivity index (χ0v) is 16.9. The maximum absolute atomic E-state index is 6.03. The summed E-state index contributed by atoms with van der Waals surface area (Å²) in [6, 6.07) is 17.0. The van der Waals surface area contributed by atoms with Gasteiger partial charge in [0.05, 0.1) is 12.7 Å². The molecule has 3 rings (SSSR count). The van der Waals surface area contributed by atoms with E-state index in [1.165, 1.54) is 22.3 Å². The number of hydrogen-bond acceptors (Lipinski definition) is 3. The van der Waals surface area contributed by atoms with Gasteiger partial charge in [0.25, 0.3) is 0 Å². The third-order valence-electron chi connectivity index (χ3n) is 4.87. The molecule has 1 heterocycles. The van der Waals surface area contributed by atoms with Crippen molar-refractivity contribution in [1.29, 1.82) is 0 Å². The maximum atomic E-state index is 6.03. The molecule has 28 heavy (non-hydrogen) atoms. The summed E-state index contributed by atoms with van der Waals surface area (Å²) in [4.78, 5) is 4.32. The van der Waals surface area contributed by atoms with Crippen LogP contribution >= 0.6 is 0 Å². The van der Waals surface area contributed by atoms with Crippen molar-refractivity contribution in [3.63, 3.8) is 0 Å². The fourth-order valence-electron chi connectivity index (χ4n) is 3.30. The molecule has 0 saturated carbocycles. The van der Waals surface area contributed by atoms with Gasteiger partial charge in [-0.2, -0.15) is 0 Å². The molecule has 0 atom stereocenters. The van der Waals surface area contributed by atoms with Crippen LogP contribution in [0.1, 0.15) is 35.1 Å². The standard InChI is InChI=1S/C23H31N3O2/c1-18-5-3-6-19(13-18)15-25-23(24-2)26-16-20-7-4-8-21(14-20)17-28-22-9-11-27-12-10-22/h3-8,13-14,22H,9-12,15-17H2,1-2H3,(H2,24,25,26). The number of guanidine groups is 1. The van der Waals surface area contributed by atoms with Crippen LogP contribution in [0.2, 0.25) is 0 Å². The third kappa shape index (κ3) is 6.66. The van der Waals surface area contributed by atoms with E-state index in [4.69, 9.17) is 9.47 Å². The largest absolute Gasteiger partial charge is 0.381 e. The van der Waals surface area contributed by atoms with Crippen LogP contribution in [-0.4, -0.2) is 32.3 Å². The van der Waals surface area contributed by atoms with Crippen molar-refractivity contribution >= 4 is 5.96 Å². The second kappa shape index (κ2) is 10.8. The van der Waals surface area contributed by atoms with Gasteiger partial charge >= 0.3 is 0 Å². The predicted octanol–water partition coefficient (Wildman–Crippen LogP) is 3.56. The highest BCUT2D eigenvalue weighted by Crippen LogP contribution is 2.14. The predicted molar refractivity (Wildman–Crippen MR) is 113 cm³/mol. The minimum atomic E-state index is 0.320. The molecule has 1 aliphatic heterocycles. The lowest BCUT2D eigenvalue weighted by Gasteiger charge is -2.22. The first-order chi connectivity index (χ1) is 13.7. The van der Waals surface area contributed by atoms with E-state index < -0.39 is 0 Å². The summed E-state index contributed by atoms with van der Waals surface area (Å²) in [5, 5.41) is 6.75. The molecule has 0 amide bonds. The van der Waals surface area contributed by atoms with Gasteiger partial charge in [0.15, 0.2) is 5.96 Å². The van der Waals surface area contributed by atoms with Crippen LogP contribution in [0.25, 0.3) is 0 Å². The Hall–Kier alpha value is -2.37. The van der Waals surface area contributed by atoms with Gasteiger partial charge in [-0.1, -0.05) is 54.1 Å². The first kappa shape index (κ1) is 20.4. The van der Waals surface area contributed by atoms with E-state index in [1.54, 1.807) is 7.05 Å². The Kier molecular flexibility index (Phi) is 7.88. The van der Waals surface area contributed by atoms with E-state index in [9.17, 15) is 0 Å². The van der Waals surface area contributed by atoms with Crippen LogP contribution < -0.4 is 10.6 Å². The minimum absolute atomic E-state index is 0.320. The van der Waals surface area contributed by atoms with Gasteiger partial charge < -0.3 is 20.1 Å². The zero-order chi connectivity index (χ0) is 19.6. The Morgan fingerprint density at radius 2 is 1.64 bits per heavy atom. The molecule has 2 aromatic rings. The van der Waals surface area contributed by atoms with Crippen LogP contribution in [-0.2, 0) is 29.2 Å². The number of ether oxygens (including phenoxy) is 2. The molecule has 0 radical (unpaired) electrons. The molecule has 2 aromatic carbocycles. The van der Waals surface area contributed by atoms with Gasteiger partial charge in [0, 0.05) is 33.4 Å². The number of hydrogen-bond donors (Lipinski definition) is 2. The average Bonchev–Trinajstić information content (AvgIpc) is 2.73. The number of benzene rings is 2. The van der Waals surface area contributed by atoms with Crippen molar-refractivity contribution in [3.8, 4) is 0 Å². The summed E-state index contributed by atoms with van der Waals surface area (Å²) < 4.78 is 11.4. The van der Waals surface area contributed by atoms with Crippen LogP contribution in [0, 0.1) is 6.92 Å². The summed E-state index contributed by atoms with van der Waals surface area (Å²) in [6.07, 6.45) is 2.30. The fourth-order valence-corrected chi connectivity index (χ4v) is 3.30. The second-order valence-corrected chi connectivity index (χ2v) is 7.21. The number of rotatable bonds is 7. The molecule has 0 unspecified atom stereocenters. The van der Waals surface area contributed by atoms with Crippen molar-refractivity contribution in [3.05, 3.63) is 70.8 Å². The molecule has 1 fully saturated rings. The maximum Gasteiger partial charge on any atom is 0.191 e. The number of nitrogens with one attached hydrogen (secondary N) is 2. The van der Waals surface area contributed by atoms with E-state index in [0.29, 0.717) is 12.7 Å². The highest BCUT2D eigenvalue weighted by atomic mass is 16.5. The van der Waals surface area contributed by atoms with Gasteiger partial charge in [-0.05, 0) is 36.5 Å². The summed E-state index contributed by atoms with van der Waals surface area (Å²) >= 11 is 0. The Labute approximate surface area is 168 Å². The smallest absolute Gasteiger partial charge is 0.191 e. The number of aryl methyl sites for hydroxylation is 1. The molecule has 0 bridgehead atoms. The minimum Gasteiger partial charge on any atom is -0.381 e. The van der Waals surface area contributed by atoms with Crippen molar-refractivity contribution in [2.45, 2.75) is 45.6 Å². The molecule has 0 aliphatic carbocycles. The molecule has 1 aliphatic rings. The van der Waals surface area contributed by atoms with E-state index >= 15 is 0 Å². The lowest BCUT2D eigenvalue weighted by molar-refractivity contribution is -0.0390. The monoisotopic (exact) mass is 381 g/mol. The van der Waals surface area contributed by atoms with E-state index in [1.807, 2.05) is 0 Å². The lowest BCUT2D eigenvalue weighted by atomic mass is 10.1. The van der Waals surface area contributed by atoms with Gasteiger partial charge in [0.2, 0.25) is 0 Å². The molecule has 0 aromatic heterocycles. The highest BCUT2D eigenvalue weighted by molar-refractivity contribution is 5.79. The van der Waals surface area contributed by atoms with E-state index in [0.717, 1.165) is 45.1 Å². The Bertz CT molecular complexity index is 770. The second-order valence-electron chi connectivity index (χ2n) is 7.21. The van der Waals surface area contributed by atoms with Crippen molar-refractivity contribution < 1.29 is 9.47 Å². The van der Waals surface area contributed by atoms with Crippen molar-refractivity contribution in [2.24, 2.45) is 4.99 Å². The Morgan fingerprint density at radius 1 is 1.00 bits per heavy atom. The molecule has 5 nitrogen and oxygen atoms in total. The summed E-state index contributed by atoms with van der Waals surface area (Å²) in [6.45, 7) is 5.85. The van der Waals surface area contributed by atoms with Crippen molar-refractivity contribution in [1.82, 2.24) is 10.6 Å². The van der Waals surface area contributed by atoms with Crippen molar-refractivity contribution in [2.75, 3.05) is 20.3 Å². The average molecular weight is 382 g/mol. The summed E-state index contributed by atoms with van der Waals surface area (Å²) in [5.74, 6) is 0.797. The first-order valence-electron chi connectivity index (χ1n) is 10.00. The number of aliphatic imine (C=N–C) groups is 1. The van der Waals surface area contributed by atoms with Crippen LogP contribution in [0.4, 0.5) is 0 Å². The van der Waals surface area contributed by atoms with Crippen LogP contribution in [0.15, 0.2) is 53.5 Å². The van der Waals surface area contributed by atoms with Crippen LogP contribution in [0.5, 0.6) is 0 Å². The van der Waals surface area contributed by atoms with Gasteiger partial charge in [0.1, 0.15) is 0 Å². The topological polar surface area (TPSA) is 54.9 Å². The van der Waals surface area contributed by atoms with E-state index in [2.05, 4.69) is 71.1 Å². The molecule has 5 heteroatoms. The molecule has 2 N–H and O–H groups in total. The quantitative estimate of drug-likeness (QED) is 0.569. The molecule has 0 spiro atoms. The molecular formula is C23H31N3O2. The van der Waals surface area contributed by atoms with E-state index in [-0.39, 0.29) is 0 Å². The Balaban J connectivity index is 1.46. The SMILES string of the molecule is CN=C(NCc1cccc(C)c1)NCc1cccc(COC2CCOCC2)c1. The summed E-state index contributed by atoms with van der Waals surface area (Å²) in [7, 11) is 1.80. The fraction of sp³-hybridized carbons (Fsp3) is 0.435. The van der Waals surface area contributed by atoms with Gasteiger partial charge in [-0.15, -0.1) is 0 Å².